The van der Waals surface area contributed by atoms with E-state index in [1.165, 1.54) is 12.1 Å². The lowest BCUT2D eigenvalue weighted by Crippen LogP contribution is -2.48. The van der Waals surface area contributed by atoms with Gasteiger partial charge in [0.1, 0.15) is 11.5 Å². The summed E-state index contributed by atoms with van der Waals surface area (Å²) in [6, 6.07) is 14.8. The number of hydrogen-bond acceptors (Lipinski definition) is 4. The molecule has 2 aliphatic rings. The minimum Gasteiger partial charge on any atom is -0.356 e. The number of piperidine rings is 1. The molecule has 1 amide bonds. The van der Waals surface area contributed by atoms with E-state index in [9.17, 15) is 9.18 Å². The molecule has 0 bridgehead atoms. The fourth-order valence-corrected chi connectivity index (χ4v) is 4.75. The number of rotatable bonds is 5. The van der Waals surface area contributed by atoms with Crippen LogP contribution in [0, 0.1) is 5.82 Å². The molecule has 2 fully saturated rings. The number of benzene rings is 2. The van der Waals surface area contributed by atoms with Gasteiger partial charge in [0.25, 0.3) is 0 Å². The number of amides is 1. The number of aromatic nitrogens is 1. The van der Waals surface area contributed by atoms with Crippen LogP contribution in [0.3, 0.4) is 0 Å². The number of hydrogen-bond donors (Lipinski definition) is 0. The second kappa shape index (κ2) is 7.51. The number of likely N-dealkylation sites (tertiary alicyclic amines) is 1. The van der Waals surface area contributed by atoms with Crippen molar-refractivity contribution in [3.63, 3.8) is 0 Å². The summed E-state index contributed by atoms with van der Waals surface area (Å²) in [5.74, 6) is -0.0524. The van der Waals surface area contributed by atoms with Gasteiger partial charge >= 0.3 is 0 Å². The highest BCUT2D eigenvalue weighted by atomic mass is 19.1. The number of para-hydroxylation sites is 1. The molecule has 5 nitrogen and oxygen atoms in total. The Bertz CT molecular complexity index is 1050. The SMILES string of the molecule is CN(Cc1noc2ccccc12)C1CCN(C(=O)C2(c3ccc(F)cc3)CC2)CC1. The topological polar surface area (TPSA) is 49.6 Å². The molecule has 1 saturated heterocycles. The molecular formula is C24H26FN3O2. The Labute approximate surface area is 175 Å². The highest BCUT2D eigenvalue weighted by molar-refractivity contribution is 5.91. The summed E-state index contributed by atoms with van der Waals surface area (Å²) in [7, 11) is 2.12. The molecule has 1 aromatic heterocycles. The summed E-state index contributed by atoms with van der Waals surface area (Å²) < 4.78 is 18.7. The maximum Gasteiger partial charge on any atom is 0.233 e. The Morgan fingerprint density at radius 1 is 1.17 bits per heavy atom. The van der Waals surface area contributed by atoms with Crippen LogP contribution in [0.2, 0.25) is 0 Å². The van der Waals surface area contributed by atoms with Crippen molar-refractivity contribution in [1.29, 1.82) is 0 Å². The fourth-order valence-electron chi connectivity index (χ4n) is 4.75. The van der Waals surface area contributed by atoms with Crippen molar-refractivity contribution in [2.45, 2.75) is 43.7 Å². The van der Waals surface area contributed by atoms with Crippen molar-refractivity contribution >= 4 is 16.9 Å². The van der Waals surface area contributed by atoms with Crippen LogP contribution in [-0.4, -0.2) is 47.0 Å². The molecule has 30 heavy (non-hydrogen) atoms. The first-order valence-corrected chi connectivity index (χ1v) is 10.7. The summed E-state index contributed by atoms with van der Waals surface area (Å²) in [4.78, 5) is 17.6. The van der Waals surface area contributed by atoms with Crippen LogP contribution in [0.25, 0.3) is 11.0 Å². The smallest absolute Gasteiger partial charge is 0.233 e. The molecule has 0 unspecified atom stereocenters. The van der Waals surface area contributed by atoms with Gasteiger partial charge < -0.3 is 9.42 Å². The van der Waals surface area contributed by atoms with Gasteiger partial charge in [-0.05, 0) is 62.6 Å². The van der Waals surface area contributed by atoms with E-state index in [1.54, 1.807) is 12.1 Å². The summed E-state index contributed by atoms with van der Waals surface area (Å²) in [6.07, 6.45) is 3.60. The van der Waals surface area contributed by atoms with Gasteiger partial charge in [-0.15, -0.1) is 0 Å². The lowest BCUT2D eigenvalue weighted by Gasteiger charge is -2.38. The Hall–Kier alpha value is -2.73. The van der Waals surface area contributed by atoms with Crippen LogP contribution >= 0.6 is 0 Å². The van der Waals surface area contributed by atoms with Crippen molar-refractivity contribution in [2.75, 3.05) is 20.1 Å². The predicted molar refractivity (Wildman–Crippen MR) is 112 cm³/mol. The molecule has 156 valence electrons. The van der Waals surface area contributed by atoms with Crippen molar-refractivity contribution in [3.8, 4) is 0 Å². The molecule has 1 saturated carbocycles. The van der Waals surface area contributed by atoms with E-state index in [0.717, 1.165) is 67.5 Å². The minimum absolute atomic E-state index is 0.206. The molecule has 1 aliphatic carbocycles. The number of carbonyl (C=O) groups excluding carboxylic acids is 1. The number of halogens is 1. The summed E-state index contributed by atoms with van der Waals surface area (Å²) >= 11 is 0. The predicted octanol–water partition coefficient (Wildman–Crippen LogP) is 4.12. The van der Waals surface area contributed by atoms with Crippen molar-refractivity contribution in [1.82, 2.24) is 15.0 Å². The molecule has 0 atom stereocenters. The standard InChI is InChI=1S/C24H26FN3O2/c1-27(16-21-20-4-2-3-5-22(20)30-26-21)19-10-14-28(15-11-19)23(29)24(12-13-24)17-6-8-18(25)9-7-17/h2-9,19H,10-16H2,1H3. The quantitative estimate of drug-likeness (QED) is 0.638. The second-order valence-corrected chi connectivity index (χ2v) is 8.65. The van der Waals surface area contributed by atoms with E-state index in [4.69, 9.17) is 4.52 Å². The maximum absolute atomic E-state index is 13.3. The van der Waals surface area contributed by atoms with Gasteiger partial charge in [-0.1, -0.05) is 29.4 Å². The lowest BCUT2D eigenvalue weighted by molar-refractivity contribution is -0.135. The molecular weight excluding hydrogens is 381 g/mol. The second-order valence-electron chi connectivity index (χ2n) is 8.65. The van der Waals surface area contributed by atoms with Gasteiger partial charge in [0.15, 0.2) is 5.58 Å². The van der Waals surface area contributed by atoms with Crippen LogP contribution in [0.5, 0.6) is 0 Å². The van der Waals surface area contributed by atoms with Crippen LogP contribution in [0.4, 0.5) is 4.39 Å². The third-order valence-electron chi connectivity index (χ3n) is 6.78. The van der Waals surface area contributed by atoms with Gasteiger partial charge in [0.2, 0.25) is 5.91 Å². The van der Waals surface area contributed by atoms with Crippen molar-refractivity contribution in [3.05, 3.63) is 65.6 Å². The Balaban J connectivity index is 1.21. The first kappa shape index (κ1) is 19.2. The van der Waals surface area contributed by atoms with Crippen LogP contribution in [0.15, 0.2) is 53.1 Å². The minimum atomic E-state index is -0.425. The first-order valence-electron chi connectivity index (χ1n) is 10.7. The Morgan fingerprint density at radius 2 is 1.87 bits per heavy atom. The number of nitrogens with zero attached hydrogens (tertiary/aromatic N) is 3. The zero-order valence-electron chi connectivity index (χ0n) is 17.2. The number of carbonyl (C=O) groups is 1. The summed E-state index contributed by atoms with van der Waals surface area (Å²) in [5, 5.41) is 5.31. The van der Waals surface area contributed by atoms with Crippen molar-refractivity contribution < 1.29 is 13.7 Å². The third kappa shape index (κ3) is 3.39. The van der Waals surface area contributed by atoms with E-state index in [0.29, 0.717) is 6.04 Å². The zero-order valence-corrected chi connectivity index (χ0v) is 17.2. The fraction of sp³-hybridized carbons (Fsp3) is 0.417. The molecule has 1 aliphatic heterocycles. The molecule has 0 spiro atoms. The summed E-state index contributed by atoms with van der Waals surface area (Å²) in [5.41, 5.74) is 2.30. The lowest BCUT2D eigenvalue weighted by atomic mass is 9.92. The van der Waals surface area contributed by atoms with Crippen LogP contribution in [0.1, 0.15) is 36.9 Å². The average Bonchev–Trinajstić information content (AvgIpc) is 3.50. The van der Waals surface area contributed by atoms with E-state index in [2.05, 4.69) is 17.1 Å². The monoisotopic (exact) mass is 407 g/mol. The molecule has 0 N–H and O–H groups in total. The van der Waals surface area contributed by atoms with Gasteiger partial charge in [-0.25, -0.2) is 4.39 Å². The Kier molecular flexibility index (Phi) is 4.82. The maximum atomic E-state index is 13.3. The molecule has 0 radical (unpaired) electrons. The van der Waals surface area contributed by atoms with E-state index in [-0.39, 0.29) is 11.7 Å². The van der Waals surface area contributed by atoms with E-state index < -0.39 is 5.41 Å². The zero-order chi connectivity index (χ0) is 20.7. The summed E-state index contributed by atoms with van der Waals surface area (Å²) in [6.45, 7) is 2.25. The van der Waals surface area contributed by atoms with Gasteiger partial charge in [0, 0.05) is 31.1 Å². The Morgan fingerprint density at radius 3 is 2.57 bits per heavy atom. The van der Waals surface area contributed by atoms with Gasteiger partial charge in [-0.2, -0.15) is 0 Å². The molecule has 3 aromatic rings. The molecule has 2 heterocycles. The molecule has 2 aromatic carbocycles. The van der Waals surface area contributed by atoms with E-state index >= 15 is 0 Å². The van der Waals surface area contributed by atoms with Crippen molar-refractivity contribution in [2.24, 2.45) is 0 Å². The van der Waals surface area contributed by atoms with Gasteiger partial charge in [0.05, 0.1) is 5.41 Å². The normalized spacial score (nSPS) is 18.8. The highest BCUT2D eigenvalue weighted by Crippen LogP contribution is 2.50. The molecule has 6 heteroatoms. The number of fused-ring (bicyclic) bond motifs is 1. The van der Waals surface area contributed by atoms with Gasteiger partial charge in [-0.3, -0.25) is 9.69 Å². The van der Waals surface area contributed by atoms with Crippen LogP contribution < -0.4 is 0 Å². The average molecular weight is 407 g/mol. The molecule has 5 rings (SSSR count). The third-order valence-corrected chi connectivity index (χ3v) is 6.78. The van der Waals surface area contributed by atoms with Crippen LogP contribution in [-0.2, 0) is 16.8 Å². The van der Waals surface area contributed by atoms with E-state index in [1.807, 2.05) is 29.2 Å². The largest absolute Gasteiger partial charge is 0.356 e. The first-order chi connectivity index (χ1) is 14.6. The highest BCUT2D eigenvalue weighted by Gasteiger charge is 2.53.